The quantitative estimate of drug-likeness (QED) is 0.780. The molecule has 6 heteroatoms. The van der Waals surface area contributed by atoms with E-state index < -0.39 is 11.7 Å². The van der Waals surface area contributed by atoms with Gasteiger partial charge in [-0.3, -0.25) is 0 Å². The van der Waals surface area contributed by atoms with Gasteiger partial charge in [0.25, 0.3) is 0 Å². The molecule has 0 fully saturated rings. The van der Waals surface area contributed by atoms with Crippen molar-refractivity contribution in [2.45, 2.75) is 13.1 Å². The summed E-state index contributed by atoms with van der Waals surface area (Å²) in [7, 11) is 0. The number of aryl methyl sites for hydroxylation is 1. The zero-order valence-corrected chi connectivity index (χ0v) is 10.0. The van der Waals surface area contributed by atoms with Gasteiger partial charge in [-0.2, -0.15) is 18.3 Å². The van der Waals surface area contributed by atoms with E-state index in [-0.39, 0.29) is 5.15 Å². The average molecular weight is 273 g/mol. The van der Waals surface area contributed by atoms with Crippen LogP contribution >= 0.6 is 11.6 Å². The van der Waals surface area contributed by atoms with Gasteiger partial charge in [-0.05, 0) is 30.7 Å². The van der Waals surface area contributed by atoms with Crippen molar-refractivity contribution in [1.29, 1.82) is 0 Å². The van der Waals surface area contributed by atoms with Crippen LogP contribution in [0.25, 0.3) is 11.1 Å². The van der Waals surface area contributed by atoms with Crippen LogP contribution in [0.4, 0.5) is 13.2 Å². The normalized spacial score (nSPS) is 11.6. The Morgan fingerprint density at radius 1 is 1.11 bits per heavy atom. The van der Waals surface area contributed by atoms with E-state index in [2.05, 4.69) is 10.2 Å². The molecule has 0 aliphatic carbocycles. The van der Waals surface area contributed by atoms with Crippen LogP contribution in [0.5, 0.6) is 0 Å². The van der Waals surface area contributed by atoms with Gasteiger partial charge in [-0.25, -0.2) is 0 Å². The van der Waals surface area contributed by atoms with Gasteiger partial charge in [-0.15, -0.1) is 5.10 Å². The monoisotopic (exact) mass is 272 g/mol. The Morgan fingerprint density at radius 3 is 2.50 bits per heavy atom. The van der Waals surface area contributed by atoms with E-state index in [1.165, 1.54) is 6.07 Å². The molecule has 0 spiro atoms. The van der Waals surface area contributed by atoms with Crippen molar-refractivity contribution >= 4 is 11.6 Å². The van der Waals surface area contributed by atoms with Crippen molar-refractivity contribution in [3.05, 3.63) is 46.7 Å². The Labute approximate surface area is 106 Å². The first-order valence-electron chi connectivity index (χ1n) is 5.05. The lowest BCUT2D eigenvalue weighted by Crippen LogP contribution is -2.04. The number of aromatic nitrogens is 2. The fourth-order valence-electron chi connectivity index (χ4n) is 1.54. The SMILES string of the molecule is Cc1cc(-c2cccc(C(F)(F)F)c2)c(Cl)nn1. The number of hydrogen-bond donors (Lipinski definition) is 0. The van der Waals surface area contributed by atoms with Gasteiger partial charge in [-0.1, -0.05) is 23.7 Å². The highest BCUT2D eigenvalue weighted by Gasteiger charge is 2.30. The molecular weight excluding hydrogens is 265 g/mol. The molecule has 0 radical (unpaired) electrons. The van der Waals surface area contributed by atoms with Crippen molar-refractivity contribution in [2.75, 3.05) is 0 Å². The summed E-state index contributed by atoms with van der Waals surface area (Å²) >= 11 is 5.84. The highest BCUT2D eigenvalue weighted by molar-refractivity contribution is 6.32. The summed E-state index contributed by atoms with van der Waals surface area (Å²) in [5, 5.41) is 7.50. The standard InChI is InChI=1S/C12H8ClF3N2/c1-7-5-10(11(13)18-17-7)8-3-2-4-9(6-8)12(14,15)16/h2-6H,1H3. The number of alkyl halides is 3. The fourth-order valence-corrected chi connectivity index (χ4v) is 1.74. The number of rotatable bonds is 1. The van der Waals surface area contributed by atoms with E-state index in [1.807, 2.05) is 0 Å². The van der Waals surface area contributed by atoms with Crippen LogP contribution in [0.1, 0.15) is 11.3 Å². The lowest BCUT2D eigenvalue weighted by molar-refractivity contribution is -0.137. The number of nitrogens with zero attached hydrogens (tertiary/aromatic N) is 2. The van der Waals surface area contributed by atoms with E-state index in [0.29, 0.717) is 16.8 Å². The summed E-state index contributed by atoms with van der Waals surface area (Å²) < 4.78 is 37.8. The summed E-state index contributed by atoms with van der Waals surface area (Å²) in [4.78, 5) is 0. The van der Waals surface area contributed by atoms with Crippen molar-refractivity contribution in [2.24, 2.45) is 0 Å². The Balaban J connectivity index is 2.55. The van der Waals surface area contributed by atoms with Crippen molar-refractivity contribution in [3.63, 3.8) is 0 Å². The first-order chi connectivity index (χ1) is 8.38. The zero-order valence-electron chi connectivity index (χ0n) is 9.29. The molecule has 1 aromatic heterocycles. The topological polar surface area (TPSA) is 25.8 Å². The maximum absolute atomic E-state index is 12.6. The molecule has 0 unspecified atom stereocenters. The lowest BCUT2D eigenvalue weighted by atomic mass is 10.0. The highest BCUT2D eigenvalue weighted by Crippen LogP contribution is 2.33. The largest absolute Gasteiger partial charge is 0.416 e. The molecule has 1 aromatic carbocycles. The third kappa shape index (κ3) is 2.61. The maximum atomic E-state index is 12.6. The Morgan fingerprint density at radius 2 is 1.83 bits per heavy atom. The van der Waals surface area contributed by atoms with Crippen molar-refractivity contribution < 1.29 is 13.2 Å². The number of hydrogen-bond acceptors (Lipinski definition) is 2. The highest BCUT2D eigenvalue weighted by atomic mass is 35.5. The first kappa shape index (κ1) is 12.8. The second-order valence-electron chi connectivity index (χ2n) is 3.77. The third-order valence-electron chi connectivity index (χ3n) is 2.37. The minimum absolute atomic E-state index is 0.0833. The molecule has 18 heavy (non-hydrogen) atoms. The van der Waals surface area contributed by atoms with Crippen molar-refractivity contribution in [1.82, 2.24) is 10.2 Å². The minimum Gasteiger partial charge on any atom is -0.166 e. The number of benzene rings is 1. The van der Waals surface area contributed by atoms with Gasteiger partial charge >= 0.3 is 6.18 Å². The van der Waals surface area contributed by atoms with Crippen LogP contribution in [0.3, 0.4) is 0 Å². The molecule has 0 saturated carbocycles. The van der Waals surface area contributed by atoms with Gasteiger partial charge < -0.3 is 0 Å². The predicted octanol–water partition coefficient (Wildman–Crippen LogP) is 4.12. The molecule has 0 amide bonds. The number of halogens is 4. The van der Waals surface area contributed by atoms with E-state index in [9.17, 15) is 13.2 Å². The second kappa shape index (κ2) is 4.57. The summed E-state index contributed by atoms with van der Waals surface area (Å²) in [6, 6.07) is 6.55. The van der Waals surface area contributed by atoms with Crippen LogP contribution in [-0.2, 0) is 6.18 Å². The molecule has 1 heterocycles. The maximum Gasteiger partial charge on any atom is 0.416 e. The summed E-state index contributed by atoms with van der Waals surface area (Å²) in [5.41, 5.74) is 0.681. The van der Waals surface area contributed by atoms with Crippen LogP contribution < -0.4 is 0 Å². The molecule has 94 valence electrons. The molecule has 0 bridgehead atoms. The van der Waals surface area contributed by atoms with Gasteiger partial charge in [0.05, 0.1) is 11.3 Å². The minimum atomic E-state index is -4.38. The molecule has 2 rings (SSSR count). The van der Waals surface area contributed by atoms with Gasteiger partial charge in [0.2, 0.25) is 0 Å². The van der Waals surface area contributed by atoms with E-state index in [1.54, 1.807) is 19.1 Å². The van der Waals surface area contributed by atoms with Gasteiger partial charge in [0.15, 0.2) is 5.15 Å². The van der Waals surface area contributed by atoms with E-state index >= 15 is 0 Å². The third-order valence-corrected chi connectivity index (χ3v) is 2.65. The summed E-state index contributed by atoms with van der Waals surface area (Å²) in [6.45, 7) is 1.69. The van der Waals surface area contributed by atoms with Crippen LogP contribution in [0.15, 0.2) is 30.3 Å². The van der Waals surface area contributed by atoms with Crippen LogP contribution in [-0.4, -0.2) is 10.2 Å². The smallest absolute Gasteiger partial charge is 0.166 e. The van der Waals surface area contributed by atoms with Crippen LogP contribution in [0.2, 0.25) is 5.15 Å². The van der Waals surface area contributed by atoms with Gasteiger partial charge in [0, 0.05) is 5.56 Å². The molecule has 2 nitrogen and oxygen atoms in total. The molecule has 0 aliphatic rings. The Hall–Kier alpha value is -1.62. The van der Waals surface area contributed by atoms with Crippen LogP contribution in [0, 0.1) is 6.92 Å². The fraction of sp³-hybridized carbons (Fsp3) is 0.167. The molecule has 0 aliphatic heterocycles. The average Bonchev–Trinajstić information content (AvgIpc) is 2.31. The zero-order chi connectivity index (χ0) is 13.3. The van der Waals surface area contributed by atoms with Crippen molar-refractivity contribution in [3.8, 4) is 11.1 Å². The molecular formula is C12H8ClF3N2. The second-order valence-corrected chi connectivity index (χ2v) is 4.13. The Kier molecular flexibility index (Phi) is 3.26. The summed E-state index contributed by atoms with van der Waals surface area (Å²) in [6.07, 6.45) is -4.38. The predicted molar refractivity (Wildman–Crippen MR) is 62.2 cm³/mol. The first-order valence-corrected chi connectivity index (χ1v) is 5.43. The molecule has 0 saturated heterocycles. The Bertz CT molecular complexity index is 582. The molecule has 0 N–H and O–H groups in total. The molecule has 2 aromatic rings. The lowest BCUT2D eigenvalue weighted by Gasteiger charge is -2.09. The molecule has 0 atom stereocenters. The van der Waals surface area contributed by atoms with E-state index in [0.717, 1.165) is 12.1 Å². The van der Waals surface area contributed by atoms with Gasteiger partial charge in [0.1, 0.15) is 0 Å². The summed E-state index contributed by atoms with van der Waals surface area (Å²) in [5.74, 6) is 0. The van der Waals surface area contributed by atoms with E-state index in [4.69, 9.17) is 11.6 Å².